The van der Waals surface area contributed by atoms with Gasteiger partial charge in [-0.15, -0.1) is 0 Å². The summed E-state index contributed by atoms with van der Waals surface area (Å²) in [5, 5.41) is 0. The summed E-state index contributed by atoms with van der Waals surface area (Å²) in [4.78, 5) is 19.0. The minimum atomic E-state index is -0.429. The number of hydrogen-bond acceptors (Lipinski definition) is 4. The van der Waals surface area contributed by atoms with Crippen molar-refractivity contribution in [3.05, 3.63) is 6.54 Å². The van der Waals surface area contributed by atoms with E-state index in [0.717, 1.165) is 0 Å². The third-order valence-corrected chi connectivity index (χ3v) is 1.53. The zero-order valence-corrected chi connectivity index (χ0v) is 5.61. The van der Waals surface area contributed by atoms with Crippen LogP contribution in [0.15, 0.2) is 9.98 Å². The van der Waals surface area contributed by atoms with E-state index in [0.29, 0.717) is 0 Å². The molecule has 2 heterocycles. The highest BCUT2D eigenvalue weighted by Crippen LogP contribution is 2.10. The third-order valence-electron chi connectivity index (χ3n) is 1.53. The number of carbonyl (C=O) groups is 1. The van der Waals surface area contributed by atoms with E-state index in [1.807, 2.05) is 0 Å². The number of hydrogen-bond donors (Lipinski definition) is 2. The molecule has 1 saturated heterocycles. The molecule has 2 atom stereocenters. The number of rotatable bonds is 0. The van der Waals surface area contributed by atoms with E-state index in [2.05, 4.69) is 27.4 Å². The van der Waals surface area contributed by atoms with Crippen LogP contribution in [0.5, 0.6) is 0 Å². The standard InChI is InChI=1S/C6H6N4O/c11-6-5-4(3-9-10-6)7-1-2-8-5/h1-2,4-5,9H,(H,10,11). The first kappa shape index (κ1) is 6.48. The highest BCUT2D eigenvalue weighted by Gasteiger charge is 2.32. The average molecular weight is 150 g/mol. The monoisotopic (exact) mass is 150 g/mol. The summed E-state index contributed by atoms with van der Waals surface area (Å²) in [6, 6.07) is -0.699. The second-order valence-corrected chi connectivity index (χ2v) is 2.24. The van der Waals surface area contributed by atoms with Crippen molar-refractivity contribution in [2.75, 3.05) is 0 Å². The van der Waals surface area contributed by atoms with Crippen LogP contribution in [0.2, 0.25) is 0 Å². The number of nitrogens with one attached hydrogen (secondary N) is 2. The van der Waals surface area contributed by atoms with Crippen molar-refractivity contribution >= 4 is 18.3 Å². The van der Waals surface area contributed by atoms with E-state index in [-0.39, 0.29) is 11.9 Å². The minimum absolute atomic E-state index is 0.165. The molecule has 1 amide bonds. The van der Waals surface area contributed by atoms with Crippen LogP contribution in [0.4, 0.5) is 0 Å². The average Bonchev–Trinajstić information content (AvgIpc) is 2.06. The summed E-state index contributed by atoms with van der Waals surface area (Å²) in [5.74, 6) is -0.165. The van der Waals surface area contributed by atoms with Crippen LogP contribution < -0.4 is 10.9 Å². The maximum atomic E-state index is 11.0. The van der Waals surface area contributed by atoms with Crippen LogP contribution in [-0.4, -0.2) is 30.4 Å². The second kappa shape index (κ2) is 2.43. The Balaban J connectivity index is 2.20. The second-order valence-electron chi connectivity index (χ2n) is 2.24. The first-order valence-corrected chi connectivity index (χ1v) is 3.23. The summed E-state index contributed by atoms with van der Waals surface area (Å²) in [6.45, 7) is 2.76. The van der Waals surface area contributed by atoms with Gasteiger partial charge >= 0.3 is 0 Å². The molecule has 0 aromatic carbocycles. The molecular formula is C6H6N4O. The van der Waals surface area contributed by atoms with E-state index in [1.165, 1.54) is 6.21 Å². The Kier molecular flexibility index (Phi) is 1.43. The summed E-state index contributed by atoms with van der Waals surface area (Å²) in [5.41, 5.74) is 4.89. The fourth-order valence-corrected chi connectivity index (χ4v) is 0.998. The molecule has 0 aliphatic carbocycles. The van der Waals surface area contributed by atoms with Gasteiger partial charge in [0.1, 0.15) is 12.6 Å². The molecule has 2 unspecified atom stereocenters. The quantitative estimate of drug-likeness (QED) is 0.443. The molecule has 0 spiro atoms. The maximum Gasteiger partial charge on any atom is 0.261 e. The fraction of sp³-hybridized carbons (Fsp3) is 0.333. The lowest BCUT2D eigenvalue weighted by atomic mass is 10.1. The zero-order valence-electron chi connectivity index (χ0n) is 5.61. The number of fused-ring (bicyclic) bond motifs is 1. The van der Waals surface area contributed by atoms with Gasteiger partial charge in [0.15, 0.2) is 6.04 Å². The smallest absolute Gasteiger partial charge is 0.261 e. The summed E-state index contributed by atoms with van der Waals surface area (Å²) >= 11 is 0. The molecule has 1 fully saturated rings. The molecule has 56 valence electrons. The SMILES string of the molecule is O=C1NN[C]C2N=CC=NC12. The zero-order chi connectivity index (χ0) is 7.68. The first-order chi connectivity index (χ1) is 5.38. The first-order valence-electron chi connectivity index (χ1n) is 3.23. The van der Waals surface area contributed by atoms with Crippen molar-refractivity contribution in [3.8, 4) is 0 Å². The largest absolute Gasteiger partial charge is 0.289 e. The predicted octanol–water partition coefficient (Wildman–Crippen LogP) is -1.45. The lowest BCUT2D eigenvalue weighted by molar-refractivity contribution is -0.124. The van der Waals surface area contributed by atoms with Crippen LogP contribution in [0.1, 0.15) is 0 Å². The molecule has 0 aromatic heterocycles. The van der Waals surface area contributed by atoms with Crippen molar-refractivity contribution in [3.63, 3.8) is 0 Å². The van der Waals surface area contributed by atoms with Gasteiger partial charge in [-0.05, 0) is 0 Å². The Bertz CT molecular complexity index is 235. The van der Waals surface area contributed by atoms with E-state index >= 15 is 0 Å². The Hall–Kier alpha value is -1.23. The van der Waals surface area contributed by atoms with Crippen LogP contribution in [-0.2, 0) is 4.79 Å². The van der Waals surface area contributed by atoms with Gasteiger partial charge in [0.25, 0.3) is 5.91 Å². The van der Waals surface area contributed by atoms with Crippen molar-refractivity contribution in [2.45, 2.75) is 12.1 Å². The topological polar surface area (TPSA) is 65.8 Å². The third kappa shape index (κ3) is 1.03. The Labute approximate surface area is 63.6 Å². The van der Waals surface area contributed by atoms with Crippen LogP contribution >= 0.6 is 0 Å². The molecule has 2 radical (unpaired) electrons. The molecule has 2 aliphatic rings. The molecule has 0 aromatic rings. The van der Waals surface area contributed by atoms with Crippen LogP contribution in [0.3, 0.4) is 0 Å². The highest BCUT2D eigenvalue weighted by atomic mass is 16.2. The highest BCUT2D eigenvalue weighted by molar-refractivity contribution is 6.17. The molecule has 5 heteroatoms. The summed E-state index contributed by atoms with van der Waals surface area (Å²) in [7, 11) is 0. The summed E-state index contributed by atoms with van der Waals surface area (Å²) < 4.78 is 0. The lowest BCUT2D eigenvalue weighted by Gasteiger charge is -2.26. The fourth-order valence-electron chi connectivity index (χ4n) is 0.998. The normalized spacial score (nSPS) is 34.7. The number of amides is 1. The van der Waals surface area contributed by atoms with Gasteiger partial charge in [0.05, 0.1) is 0 Å². The van der Waals surface area contributed by atoms with Crippen LogP contribution in [0, 0.1) is 6.54 Å². The van der Waals surface area contributed by atoms with Crippen molar-refractivity contribution in [2.24, 2.45) is 9.98 Å². The number of hydrazine groups is 1. The van der Waals surface area contributed by atoms with Crippen LogP contribution in [0.25, 0.3) is 0 Å². The molecular weight excluding hydrogens is 144 g/mol. The minimum Gasteiger partial charge on any atom is -0.289 e. The van der Waals surface area contributed by atoms with E-state index in [1.54, 1.807) is 6.21 Å². The number of nitrogens with zero attached hydrogens (tertiary/aromatic N) is 2. The predicted molar refractivity (Wildman–Crippen MR) is 39.1 cm³/mol. The maximum absolute atomic E-state index is 11.0. The molecule has 2 N–H and O–H groups in total. The molecule has 0 saturated carbocycles. The van der Waals surface area contributed by atoms with E-state index < -0.39 is 6.04 Å². The van der Waals surface area contributed by atoms with Crippen molar-refractivity contribution in [1.29, 1.82) is 0 Å². The molecule has 2 aliphatic heterocycles. The molecule has 5 nitrogen and oxygen atoms in total. The van der Waals surface area contributed by atoms with Gasteiger partial charge in [-0.2, -0.15) is 0 Å². The number of aliphatic imine (C=N–C) groups is 2. The Morgan fingerprint density at radius 1 is 1.45 bits per heavy atom. The Morgan fingerprint density at radius 3 is 3.09 bits per heavy atom. The summed E-state index contributed by atoms with van der Waals surface area (Å²) in [6.07, 6.45) is 3.09. The molecule has 0 bridgehead atoms. The van der Waals surface area contributed by atoms with Gasteiger partial charge in [-0.1, -0.05) is 0 Å². The Morgan fingerprint density at radius 2 is 2.27 bits per heavy atom. The van der Waals surface area contributed by atoms with E-state index in [9.17, 15) is 4.79 Å². The van der Waals surface area contributed by atoms with Gasteiger partial charge < -0.3 is 0 Å². The lowest BCUT2D eigenvalue weighted by Crippen LogP contribution is -2.54. The van der Waals surface area contributed by atoms with Gasteiger partial charge in [0, 0.05) is 12.4 Å². The van der Waals surface area contributed by atoms with Gasteiger partial charge in [0.2, 0.25) is 0 Å². The number of carbonyl (C=O) groups excluding carboxylic acids is 1. The molecule has 2 rings (SSSR count). The van der Waals surface area contributed by atoms with Crippen molar-refractivity contribution < 1.29 is 4.79 Å². The van der Waals surface area contributed by atoms with Gasteiger partial charge in [-0.3, -0.25) is 20.2 Å². The van der Waals surface area contributed by atoms with Gasteiger partial charge in [-0.25, -0.2) is 5.43 Å². The molecule has 11 heavy (non-hydrogen) atoms. The van der Waals surface area contributed by atoms with E-state index in [4.69, 9.17) is 0 Å². The van der Waals surface area contributed by atoms with Crippen molar-refractivity contribution in [1.82, 2.24) is 10.9 Å².